The van der Waals surface area contributed by atoms with Gasteiger partial charge in [-0.1, -0.05) is 13.8 Å². The lowest BCUT2D eigenvalue weighted by molar-refractivity contribution is -0.146. The Balaban J connectivity index is 1.94. The zero-order valence-corrected chi connectivity index (χ0v) is 16.7. The molecule has 1 aliphatic rings. The molecule has 7 nitrogen and oxygen atoms in total. The van der Waals surface area contributed by atoms with Gasteiger partial charge in [-0.25, -0.2) is 4.79 Å². The van der Waals surface area contributed by atoms with E-state index in [0.29, 0.717) is 42.7 Å². The van der Waals surface area contributed by atoms with Crippen LogP contribution in [0.1, 0.15) is 38.1 Å². The number of nitrogens with zero attached hydrogens (tertiary/aromatic N) is 1. The number of benzene rings is 1. The molecule has 2 atom stereocenters. The van der Waals surface area contributed by atoms with Gasteiger partial charge in [-0.3, -0.25) is 4.79 Å². The highest BCUT2D eigenvalue weighted by Crippen LogP contribution is 2.28. The quantitative estimate of drug-likeness (QED) is 0.678. The van der Waals surface area contributed by atoms with Crippen LogP contribution >= 0.6 is 0 Å². The number of hydrogen-bond donors (Lipinski definition) is 0. The summed E-state index contributed by atoms with van der Waals surface area (Å²) in [5, 5.41) is 0. The zero-order chi connectivity index (χ0) is 20.0. The van der Waals surface area contributed by atoms with Gasteiger partial charge in [0.25, 0.3) is 5.91 Å². The van der Waals surface area contributed by atoms with Gasteiger partial charge in [-0.15, -0.1) is 0 Å². The van der Waals surface area contributed by atoms with Crippen molar-refractivity contribution in [3.63, 3.8) is 0 Å². The third kappa shape index (κ3) is 6.13. The van der Waals surface area contributed by atoms with E-state index in [4.69, 9.17) is 18.9 Å². The van der Waals surface area contributed by atoms with Crippen LogP contribution in [0.25, 0.3) is 0 Å². The van der Waals surface area contributed by atoms with Gasteiger partial charge in [0.05, 0.1) is 31.5 Å². The number of hydrogen-bond acceptors (Lipinski definition) is 6. The standard InChI is InChI=1S/C20H29NO6/c1-13(2)11-25-17-7-6-16(8-18(17)24-5)20(23)26-12-19(22)21-9-14(3)27-15(4)10-21/h6-8,13-15H,9-12H2,1-5H3/t14-,15-/m1/s1. The smallest absolute Gasteiger partial charge is 0.338 e. The minimum atomic E-state index is -0.577. The van der Waals surface area contributed by atoms with E-state index in [0.717, 1.165) is 0 Å². The molecule has 1 amide bonds. The molecule has 150 valence electrons. The first-order valence-corrected chi connectivity index (χ1v) is 9.21. The van der Waals surface area contributed by atoms with Crippen molar-refractivity contribution in [3.05, 3.63) is 23.8 Å². The third-order valence-corrected chi connectivity index (χ3v) is 4.07. The van der Waals surface area contributed by atoms with Gasteiger partial charge in [-0.2, -0.15) is 0 Å². The Kier molecular flexibility index (Phi) is 7.47. The third-order valence-electron chi connectivity index (χ3n) is 4.07. The Labute approximate surface area is 160 Å². The molecule has 1 aromatic rings. The molecule has 7 heteroatoms. The number of esters is 1. The molecular weight excluding hydrogens is 350 g/mol. The molecule has 0 radical (unpaired) electrons. The highest BCUT2D eigenvalue weighted by molar-refractivity contribution is 5.92. The van der Waals surface area contributed by atoms with Crippen molar-refractivity contribution < 1.29 is 28.5 Å². The summed E-state index contributed by atoms with van der Waals surface area (Å²) < 4.78 is 21.8. The maximum atomic E-state index is 12.3. The lowest BCUT2D eigenvalue weighted by Crippen LogP contribution is -2.49. The molecule has 1 saturated heterocycles. The van der Waals surface area contributed by atoms with Gasteiger partial charge in [0, 0.05) is 13.1 Å². The van der Waals surface area contributed by atoms with Crippen LogP contribution in [-0.2, 0) is 14.3 Å². The van der Waals surface area contributed by atoms with Crippen LogP contribution in [0, 0.1) is 5.92 Å². The normalized spacial score (nSPS) is 19.7. The lowest BCUT2D eigenvalue weighted by Gasteiger charge is -2.35. The predicted octanol–water partition coefficient (Wildman–Crippen LogP) is 2.52. The Morgan fingerprint density at radius 2 is 1.85 bits per heavy atom. The molecule has 0 aromatic heterocycles. The zero-order valence-electron chi connectivity index (χ0n) is 16.7. The maximum absolute atomic E-state index is 12.3. The summed E-state index contributed by atoms with van der Waals surface area (Å²) in [5.74, 6) is 0.582. The van der Waals surface area contributed by atoms with Crippen molar-refractivity contribution in [2.75, 3.05) is 33.4 Å². The van der Waals surface area contributed by atoms with Gasteiger partial charge in [0.15, 0.2) is 18.1 Å². The summed E-state index contributed by atoms with van der Waals surface area (Å²) in [6.45, 7) is 9.16. The SMILES string of the molecule is COc1cc(C(=O)OCC(=O)N2C[C@@H](C)O[C@H](C)C2)ccc1OCC(C)C. The number of methoxy groups -OCH3 is 1. The minimum Gasteiger partial charge on any atom is -0.493 e. The van der Waals surface area contributed by atoms with Crippen LogP contribution in [0.4, 0.5) is 0 Å². The fraction of sp³-hybridized carbons (Fsp3) is 0.600. The van der Waals surface area contributed by atoms with E-state index in [1.165, 1.54) is 7.11 Å². The summed E-state index contributed by atoms with van der Waals surface area (Å²) in [5.41, 5.74) is 0.306. The molecule has 1 heterocycles. The number of ether oxygens (including phenoxy) is 4. The molecular formula is C20H29NO6. The first kappa shape index (κ1) is 21.0. The number of carbonyl (C=O) groups excluding carboxylic acids is 2. The van der Waals surface area contributed by atoms with Gasteiger partial charge in [-0.05, 0) is 38.0 Å². The van der Waals surface area contributed by atoms with E-state index < -0.39 is 5.97 Å². The highest BCUT2D eigenvalue weighted by atomic mass is 16.5. The van der Waals surface area contributed by atoms with Crippen LogP contribution in [0.2, 0.25) is 0 Å². The average Bonchev–Trinajstić information content (AvgIpc) is 2.63. The molecule has 1 fully saturated rings. The van der Waals surface area contributed by atoms with Crippen LogP contribution in [-0.4, -0.2) is 62.4 Å². The number of carbonyl (C=O) groups is 2. The van der Waals surface area contributed by atoms with E-state index in [-0.39, 0.29) is 24.7 Å². The van der Waals surface area contributed by atoms with E-state index in [1.807, 2.05) is 27.7 Å². The molecule has 2 rings (SSSR count). The molecule has 0 N–H and O–H groups in total. The van der Waals surface area contributed by atoms with Gasteiger partial charge >= 0.3 is 5.97 Å². The summed E-state index contributed by atoms with van der Waals surface area (Å²) in [6, 6.07) is 4.83. The van der Waals surface area contributed by atoms with E-state index in [9.17, 15) is 9.59 Å². The molecule has 0 spiro atoms. The van der Waals surface area contributed by atoms with E-state index in [1.54, 1.807) is 23.1 Å². The molecule has 0 aliphatic carbocycles. The molecule has 27 heavy (non-hydrogen) atoms. The number of morpholine rings is 1. The summed E-state index contributed by atoms with van der Waals surface area (Å²) >= 11 is 0. The molecule has 0 saturated carbocycles. The monoisotopic (exact) mass is 379 g/mol. The topological polar surface area (TPSA) is 74.3 Å². The van der Waals surface area contributed by atoms with Crippen molar-refractivity contribution in [3.8, 4) is 11.5 Å². The summed E-state index contributed by atoms with van der Waals surface area (Å²) in [6.07, 6.45) is -0.0629. The fourth-order valence-electron chi connectivity index (χ4n) is 2.85. The van der Waals surface area contributed by atoms with Crippen LogP contribution in [0.5, 0.6) is 11.5 Å². The Hall–Kier alpha value is -2.28. The van der Waals surface area contributed by atoms with Crippen LogP contribution < -0.4 is 9.47 Å². The summed E-state index contributed by atoms with van der Waals surface area (Å²) in [7, 11) is 1.51. The lowest BCUT2D eigenvalue weighted by atomic mass is 10.2. The van der Waals surface area contributed by atoms with Crippen molar-refractivity contribution in [2.45, 2.75) is 39.9 Å². The maximum Gasteiger partial charge on any atom is 0.338 e. The Morgan fingerprint density at radius 1 is 1.19 bits per heavy atom. The van der Waals surface area contributed by atoms with Crippen molar-refractivity contribution in [1.29, 1.82) is 0 Å². The Morgan fingerprint density at radius 3 is 2.44 bits per heavy atom. The van der Waals surface area contributed by atoms with Crippen LogP contribution in [0.15, 0.2) is 18.2 Å². The van der Waals surface area contributed by atoms with Crippen LogP contribution in [0.3, 0.4) is 0 Å². The van der Waals surface area contributed by atoms with Gasteiger partial charge in [0.1, 0.15) is 0 Å². The average molecular weight is 379 g/mol. The second kappa shape index (κ2) is 9.60. The summed E-state index contributed by atoms with van der Waals surface area (Å²) in [4.78, 5) is 26.3. The van der Waals surface area contributed by atoms with Gasteiger partial charge in [0.2, 0.25) is 0 Å². The minimum absolute atomic E-state index is 0.0314. The van der Waals surface area contributed by atoms with Crippen molar-refractivity contribution in [2.24, 2.45) is 5.92 Å². The highest BCUT2D eigenvalue weighted by Gasteiger charge is 2.26. The number of rotatable bonds is 7. The second-order valence-electron chi connectivity index (χ2n) is 7.20. The molecule has 1 aromatic carbocycles. The fourth-order valence-corrected chi connectivity index (χ4v) is 2.85. The Bertz CT molecular complexity index is 650. The van der Waals surface area contributed by atoms with Gasteiger partial charge < -0.3 is 23.8 Å². The van der Waals surface area contributed by atoms with E-state index in [2.05, 4.69) is 0 Å². The first-order valence-electron chi connectivity index (χ1n) is 9.21. The predicted molar refractivity (Wildman–Crippen MR) is 100 cm³/mol. The molecule has 1 aliphatic heterocycles. The largest absolute Gasteiger partial charge is 0.493 e. The number of amides is 1. The van der Waals surface area contributed by atoms with E-state index >= 15 is 0 Å². The molecule has 0 unspecified atom stereocenters. The second-order valence-corrected chi connectivity index (χ2v) is 7.20. The van der Waals surface area contributed by atoms with Crippen molar-refractivity contribution >= 4 is 11.9 Å². The van der Waals surface area contributed by atoms with Crippen molar-refractivity contribution in [1.82, 2.24) is 4.90 Å². The molecule has 0 bridgehead atoms. The first-order chi connectivity index (χ1) is 12.8.